The largest absolute Gasteiger partial charge is 0.490 e. The number of ketones is 1. The summed E-state index contributed by atoms with van der Waals surface area (Å²) in [5.41, 5.74) is 2.34. The van der Waals surface area contributed by atoms with E-state index < -0.39 is 6.04 Å². The average Bonchev–Trinajstić information content (AvgIpc) is 3.01. The number of piperidine rings is 1. The number of hydrogen-bond acceptors (Lipinski definition) is 7. The summed E-state index contributed by atoms with van der Waals surface area (Å²) in [6.07, 6.45) is 10.4. The molecule has 0 radical (unpaired) electrons. The first kappa shape index (κ1) is 30.6. The molecule has 1 aromatic heterocycles. The van der Waals surface area contributed by atoms with E-state index in [1.165, 1.54) is 12.7 Å². The summed E-state index contributed by atoms with van der Waals surface area (Å²) < 4.78 is 5.57. The number of carbonyl (C=O) groups excluding carboxylic acids is 3. The van der Waals surface area contributed by atoms with Crippen molar-refractivity contribution < 1.29 is 22.0 Å². The zero-order valence-electron chi connectivity index (χ0n) is 24.7. The predicted molar refractivity (Wildman–Crippen MR) is 162 cm³/mol. The van der Waals surface area contributed by atoms with Crippen molar-refractivity contribution >= 4 is 17.6 Å². The molecule has 0 bridgehead atoms. The minimum Gasteiger partial charge on any atom is -0.490 e. The first-order chi connectivity index (χ1) is 19.9. The minimum atomic E-state index is -0.436. The molecule has 1 aromatic carbocycles. The van der Waals surface area contributed by atoms with Gasteiger partial charge in [0.25, 0.3) is 5.91 Å². The number of ether oxygens (including phenoxy) is 1. The van der Waals surface area contributed by atoms with E-state index in [1.807, 2.05) is 49.9 Å². The molecule has 2 heterocycles. The van der Waals surface area contributed by atoms with E-state index in [1.54, 1.807) is 6.20 Å². The molecular formula is C32H49N5O4. The number of nitrogens with zero attached hydrogens (tertiary/aromatic N) is 3. The Balaban J connectivity index is 0.00000323. The molecule has 1 saturated carbocycles. The summed E-state index contributed by atoms with van der Waals surface area (Å²) in [5, 5.41) is 6.31. The normalized spacial score (nSPS) is 18.6. The Morgan fingerprint density at radius 2 is 1.93 bits per heavy atom. The molecule has 1 aliphatic heterocycles. The van der Waals surface area contributed by atoms with Gasteiger partial charge in [-0.05, 0) is 56.2 Å². The second kappa shape index (κ2) is 15.1. The second-order valence-electron chi connectivity index (χ2n) is 11.6. The Hall–Kier alpha value is -3.33. The maximum atomic E-state index is 13.4. The third-order valence-electron chi connectivity index (χ3n) is 8.30. The van der Waals surface area contributed by atoms with Crippen molar-refractivity contribution in [3.63, 3.8) is 0 Å². The lowest BCUT2D eigenvalue weighted by atomic mass is 9.80. The van der Waals surface area contributed by atoms with Gasteiger partial charge in [0, 0.05) is 39.9 Å². The van der Waals surface area contributed by atoms with Crippen LogP contribution in [0.15, 0.2) is 36.8 Å². The summed E-state index contributed by atoms with van der Waals surface area (Å²) in [6, 6.07) is 7.26. The molecule has 4 rings (SSSR count). The van der Waals surface area contributed by atoms with E-state index in [9.17, 15) is 14.4 Å². The van der Waals surface area contributed by atoms with Crippen molar-refractivity contribution in [3.05, 3.63) is 53.6 Å². The van der Waals surface area contributed by atoms with Crippen LogP contribution in [0.1, 0.15) is 96.1 Å². The van der Waals surface area contributed by atoms with Crippen molar-refractivity contribution in [1.82, 2.24) is 25.5 Å². The van der Waals surface area contributed by atoms with Gasteiger partial charge in [0.15, 0.2) is 11.5 Å². The highest BCUT2D eigenvalue weighted by Crippen LogP contribution is 2.30. The molecule has 2 N–H and O–H groups in total. The van der Waals surface area contributed by atoms with Crippen molar-refractivity contribution in [2.45, 2.75) is 84.2 Å². The lowest BCUT2D eigenvalue weighted by Crippen LogP contribution is -2.48. The fraction of sp³-hybridized carbons (Fsp3) is 0.594. The zero-order chi connectivity index (χ0) is 29.2. The predicted octanol–water partition coefficient (Wildman–Crippen LogP) is 4.77. The van der Waals surface area contributed by atoms with Gasteiger partial charge in [-0.1, -0.05) is 45.2 Å². The minimum absolute atomic E-state index is 0. The summed E-state index contributed by atoms with van der Waals surface area (Å²) in [5.74, 6) is 0.816. The third kappa shape index (κ3) is 8.35. The fourth-order valence-electron chi connectivity index (χ4n) is 6.03. The number of nitrogens with one attached hydrogen (secondary N) is 2. The first-order valence-corrected chi connectivity index (χ1v) is 15.2. The number of Topliss-reactive ketones (excluding diaryl/α,β-unsaturated/α-hetero) is 1. The van der Waals surface area contributed by atoms with Crippen molar-refractivity contribution in [2.75, 3.05) is 26.2 Å². The highest BCUT2D eigenvalue weighted by Gasteiger charge is 2.32. The Bertz CT molecular complexity index is 1190. The van der Waals surface area contributed by atoms with Gasteiger partial charge in [0.05, 0.1) is 31.1 Å². The molecule has 41 heavy (non-hydrogen) atoms. The SMILES string of the molecule is CCOc1cncnc1CNCC(=O)N1CCC[C@@H](c2cccc(C(=O)N[C@@H](C(=O)C(C)C)C3CCCCC3)c2)C1.[HH].[HH]. The van der Waals surface area contributed by atoms with Crippen LogP contribution in [0.5, 0.6) is 5.75 Å². The Labute approximate surface area is 246 Å². The van der Waals surface area contributed by atoms with Gasteiger partial charge in [-0.3, -0.25) is 14.4 Å². The van der Waals surface area contributed by atoms with Crippen molar-refractivity contribution in [3.8, 4) is 5.75 Å². The van der Waals surface area contributed by atoms with Crippen LogP contribution in [0.2, 0.25) is 0 Å². The summed E-state index contributed by atoms with van der Waals surface area (Å²) in [4.78, 5) is 49.7. The van der Waals surface area contributed by atoms with Crippen molar-refractivity contribution in [1.29, 1.82) is 0 Å². The van der Waals surface area contributed by atoms with Gasteiger partial charge in [0.2, 0.25) is 5.91 Å². The first-order valence-electron chi connectivity index (χ1n) is 15.2. The number of rotatable bonds is 12. The second-order valence-corrected chi connectivity index (χ2v) is 11.6. The summed E-state index contributed by atoms with van der Waals surface area (Å²) in [6.45, 7) is 8.19. The van der Waals surface area contributed by atoms with Crippen LogP contribution in [-0.4, -0.2) is 64.7 Å². The molecule has 0 unspecified atom stereocenters. The Morgan fingerprint density at radius 3 is 2.68 bits per heavy atom. The smallest absolute Gasteiger partial charge is 0.251 e. The van der Waals surface area contributed by atoms with Gasteiger partial charge < -0.3 is 20.3 Å². The Kier molecular flexibility index (Phi) is 11.2. The van der Waals surface area contributed by atoms with E-state index in [2.05, 4.69) is 20.6 Å². The number of amides is 2. The number of benzene rings is 1. The lowest BCUT2D eigenvalue weighted by Gasteiger charge is -2.33. The summed E-state index contributed by atoms with van der Waals surface area (Å²) in [7, 11) is 0. The van der Waals surface area contributed by atoms with E-state index >= 15 is 0 Å². The van der Waals surface area contributed by atoms with Gasteiger partial charge in [-0.2, -0.15) is 0 Å². The maximum absolute atomic E-state index is 13.4. The van der Waals surface area contributed by atoms with E-state index in [4.69, 9.17) is 4.74 Å². The Morgan fingerprint density at radius 1 is 1.12 bits per heavy atom. The molecule has 2 aromatic rings. The summed E-state index contributed by atoms with van der Waals surface area (Å²) >= 11 is 0. The molecule has 2 fully saturated rings. The van der Waals surface area contributed by atoms with Crippen LogP contribution in [-0.2, 0) is 16.1 Å². The van der Waals surface area contributed by atoms with Gasteiger partial charge in [0.1, 0.15) is 6.33 Å². The highest BCUT2D eigenvalue weighted by atomic mass is 16.5. The number of hydrogen-bond donors (Lipinski definition) is 2. The van der Waals surface area contributed by atoms with Crippen LogP contribution in [0.4, 0.5) is 0 Å². The molecule has 9 heteroatoms. The van der Waals surface area contributed by atoms with Gasteiger partial charge >= 0.3 is 0 Å². The number of aromatic nitrogens is 2. The molecule has 2 aliphatic rings. The monoisotopic (exact) mass is 567 g/mol. The average molecular weight is 568 g/mol. The molecule has 0 spiro atoms. The highest BCUT2D eigenvalue weighted by molar-refractivity contribution is 5.98. The molecule has 2 amide bonds. The topological polar surface area (TPSA) is 114 Å². The van der Waals surface area contributed by atoms with Crippen LogP contribution in [0, 0.1) is 11.8 Å². The van der Waals surface area contributed by atoms with Crippen molar-refractivity contribution in [2.24, 2.45) is 11.8 Å². The van der Waals surface area contributed by atoms with Crippen LogP contribution >= 0.6 is 0 Å². The van der Waals surface area contributed by atoms with E-state index in [0.29, 0.717) is 31.0 Å². The molecule has 1 aliphatic carbocycles. The molecule has 2 atom stereocenters. The van der Waals surface area contributed by atoms with Gasteiger partial charge in [-0.15, -0.1) is 0 Å². The van der Waals surface area contributed by atoms with E-state index in [0.717, 1.165) is 56.3 Å². The van der Waals surface area contributed by atoms with Crippen LogP contribution in [0.3, 0.4) is 0 Å². The number of likely N-dealkylation sites (tertiary alicyclic amines) is 1. The molecule has 1 saturated heterocycles. The fourth-order valence-corrected chi connectivity index (χ4v) is 6.03. The van der Waals surface area contributed by atoms with Crippen LogP contribution < -0.4 is 15.4 Å². The number of carbonyl (C=O) groups is 3. The zero-order valence-corrected chi connectivity index (χ0v) is 24.7. The molecule has 9 nitrogen and oxygen atoms in total. The molecular weight excluding hydrogens is 518 g/mol. The molecule has 226 valence electrons. The van der Waals surface area contributed by atoms with Crippen LogP contribution in [0.25, 0.3) is 0 Å². The third-order valence-corrected chi connectivity index (χ3v) is 8.30. The maximum Gasteiger partial charge on any atom is 0.251 e. The lowest BCUT2D eigenvalue weighted by molar-refractivity contribution is -0.131. The standard InChI is InChI=1S/C32H45N5O4.2H2/c1-4-41-28-18-34-21-35-27(28)17-33-19-29(38)37-15-9-14-26(20-37)24-12-8-13-25(16-24)32(40)36-30(31(39)22(2)3)23-10-6-5-7-11-23;;/h8,12-13,16,18,21-23,26,30,33H,4-7,9-11,14-15,17,19-20H2,1-3H3,(H,36,40);2*1H/t26-,30-;;/m1../s1. The quantitative estimate of drug-likeness (QED) is 0.380. The van der Waals surface area contributed by atoms with E-state index in [-0.39, 0.29) is 44.7 Å². The van der Waals surface area contributed by atoms with Gasteiger partial charge in [-0.25, -0.2) is 9.97 Å².